The molecule has 1 aromatic heterocycles. The van der Waals surface area contributed by atoms with E-state index in [1.54, 1.807) is 0 Å². The summed E-state index contributed by atoms with van der Waals surface area (Å²) in [7, 11) is -1.05. The first kappa shape index (κ1) is 17.8. The fraction of sp³-hybridized carbons (Fsp3) is 0.500. The van der Waals surface area contributed by atoms with E-state index in [1.807, 2.05) is 18.5 Å². The fourth-order valence-corrected chi connectivity index (χ4v) is 3.40. The zero-order chi connectivity index (χ0) is 17.0. The molecule has 1 unspecified atom stereocenters. The summed E-state index contributed by atoms with van der Waals surface area (Å²) in [6, 6.07) is 9.26. The maximum atomic E-state index is 5.89. The number of aryl methyl sites for hydroxylation is 1. The van der Waals surface area contributed by atoms with Gasteiger partial charge in [-0.15, -0.1) is 0 Å². The number of aromatic nitrogens is 2. The maximum absolute atomic E-state index is 5.89. The molecule has 2 aromatic rings. The van der Waals surface area contributed by atoms with E-state index >= 15 is 0 Å². The predicted molar refractivity (Wildman–Crippen MR) is 99.4 cm³/mol. The quantitative estimate of drug-likeness (QED) is 0.469. The van der Waals surface area contributed by atoms with Crippen LogP contribution in [0.3, 0.4) is 0 Å². The lowest BCUT2D eigenvalue weighted by Crippen LogP contribution is -2.22. The molecule has 1 atom stereocenters. The monoisotopic (exact) mass is 331 g/mol. The van der Waals surface area contributed by atoms with Crippen LogP contribution in [0.1, 0.15) is 29.8 Å². The largest absolute Gasteiger partial charge is 0.399 e. The van der Waals surface area contributed by atoms with Crippen molar-refractivity contribution in [2.75, 3.05) is 12.3 Å². The van der Waals surface area contributed by atoms with Crippen molar-refractivity contribution < 1.29 is 4.74 Å². The second kappa shape index (κ2) is 7.32. The molecule has 126 valence electrons. The number of nitrogens with zero attached hydrogens (tertiary/aromatic N) is 2. The van der Waals surface area contributed by atoms with Gasteiger partial charge in [-0.3, -0.25) is 0 Å². The summed E-state index contributed by atoms with van der Waals surface area (Å²) >= 11 is 0. The van der Waals surface area contributed by atoms with Crippen molar-refractivity contribution in [1.29, 1.82) is 0 Å². The van der Waals surface area contributed by atoms with Gasteiger partial charge in [-0.25, -0.2) is 4.98 Å². The second-order valence-corrected chi connectivity index (χ2v) is 13.0. The second-order valence-electron chi connectivity index (χ2n) is 7.42. The molecule has 2 rings (SSSR count). The van der Waals surface area contributed by atoms with E-state index in [2.05, 4.69) is 55.2 Å². The number of nitrogens with two attached hydrogens (primary N) is 1. The summed E-state index contributed by atoms with van der Waals surface area (Å²) in [5.74, 6) is 0.263. The van der Waals surface area contributed by atoms with Crippen LogP contribution in [-0.2, 0) is 11.5 Å². The fourth-order valence-electron chi connectivity index (χ4n) is 2.64. The Bertz CT molecular complexity index is 629. The Balaban J connectivity index is 2.07. The minimum Gasteiger partial charge on any atom is -0.399 e. The van der Waals surface area contributed by atoms with Crippen LogP contribution in [-0.4, -0.2) is 24.2 Å². The van der Waals surface area contributed by atoms with Crippen LogP contribution in [0.2, 0.25) is 25.7 Å². The highest BCUT2D eigenvalue weighted by Crippen LogP contribution is 2.27. The molecule has 5 heteroatoms. The highest BCUT2D eigenvalue weighted by molar-refractivity contribution is 6.76. The van der Waals surface area contributed by atoms with E-state index < -0.39 is 8.07 Å². The normalized spacial score (nSPS) is 13.3. The molecule has 0 spiro atoms. The van der Waals surface area contributed by atoms with E-state index in [4.69, 9.17) is 10.5 Å². The van der Waals surface area contributed by atoms with E-state index in [0.717, 1.165) is 18.0 Å². The molecule has 0 aliphatic rings. The van der Waals surface area contributed by atoms with Crippen molar-refractivity contribution in [2.45, 2.75) is 52.2 Å². The molecule has 0 saturated heterocycles. The third-order valence-electron chi connectivity index (χ3n) is 4.14. The highest BCUT2D eigenvalue weighted by Gasteiger charge is 2.17. The van der Waals surface area contributed by atoms with Gasteiger partial charge in [0.2, 0.25) is 0 Å². The lowest BCUT2D eigenvalue weighted by Gasteiger charge is -2.18. The SMILES string of the molecule is Cc1ncn(COCC[Si](C)(C)C)c1C(C)c1ccc(N)cc1. The molecule has 0 bridgehead atoms. The summed E-state index contributed by atoms with van der Waals surface area (Å²) in [6.07, 6.45) is 1.88. The number of hydrogen-bond donors (Lipinski definition) is 1. The number of nitrogen functional groups attached to an aromatic ring is 1. The van der Waals surface area contributed by atoms with Crippen molar-refractivity contribution in [3.05, 3.63) is 47.5 Å². The molecule has 0 aliphatic carbocycles. The minimum absolute atomic E-state index is 0.263. The number of benzene rings is 1. The average Bonchev–Trinajstić information content (AvgIpc) is 2.84. The third kappa shape index (κ3) is 4.94. The Labute approximate surface area is 140 Å². The Morgan fingerprint density at radius 2 is 1.87 bits per heavy atom. The Hall–Kier alpha value is -1.59. The van der Waals surface area contributed by atoms with Crippen molar-refractivity contribution in [2.24, 2.45) is 0 Å². The number of hydrogen-bond acceptors (Lipinski definition) is 3. The lowest BCUT2D eigenvalue weighted by molar-refractivity contribution is 0.0849. The maximum Gasteiger partial charge on any atom is 0.124 e. The van der Waals surface area contributed by atoms with Crippen LogP contribution in [0.15, 0.2) is 30.6 Å². The van der Waals surface area contributed by atoms with Crippen molar-refractivity contribution in [3.63, 3.8) is 0 Å². The first-order chi connectivity index (χ1) is 10.8. The van der Waals surface area contributed by atoms with Gasteiger partial charge in [0.1, 0.15) is 6.73 Å². The zero-order valence-electron chi connectivity index (χ0n) is 15.0. The van der Waals surface area contributed by atoms with Gasteiger partial charge in [-0.2, -0.15) is 0 Å². The standard InChI is InChI=1S/C18H29N3OSi/c1-14(16-6-8-17(19)9-7-16)18-15(2)20-12-21(18)13-22-10-11-23(3,4)5/h6-9,12,14H,10-11,13,19H2,1-5H3. The first-order valence-electron chi connectivity index (χ1n) is 8.23. The van der Waals surface area contributed by atoms with Crippen LogP contribution in [0.5, 0.6) is 0 Å². The van der Waals surface area contributed by atoms with Crippen LogP contribution in [0, 0.1) is 6.92 Å². The van der Waals surface area contributed by atoms with Gasteiger partial charge in [-0.1, -0.05) is 38.7 Å². The van der Waals surface area contributed by atoms with Gasteiger partial charge in [0, 0.05) is 32.0 Å². The number of anilines is 1. The summed E-state index contributed by atoms with van der Waals surface area (Å²) < 4.78 is 8.02. The van der Waals surface area contributed by atoms with Gasteiger partial charge in [0.05, 0.1) is 12.0 Å². The van der Waals surface area contributed by atoms with Gasteiger partial charge in [-0.05, 0) is 30.7 Å². The molecular formula is C18H29N3OSi. The topological polar surface area (TPSA) is 53.1 Å². The molecule has 1 heterocycles. The summed E-state index contributed by atoms with van der Waals surface area (Å²) in [4.78, 5) is 4.48. The van der Waals surface area contributed by atoms with Gasteiger partial charge >= 0.3 is 0 Å². The van der Waals surface area contributed by atoms with E-state index in [-0.39, 0.29) is 5.92 Å². The molecule has 1 aromatic carbocycles. The Morgan fingerprint density at radius 3 is 2.48 bits per heavy atom. The van der Waals surface area contributed by atoms with Gasteiger partial charge < -0.3 is 15.0 Å². The van der Waals surface area contributed by atoms with E-state index in [9.17, 15) is 0 Å². The number of ether oxygens (including phenoxy) is 1. The molecule has 2 N–H and O–H groups in total. The van der Waals surface area contributed by atoms with Crippen LogP contribution >= 0.6 is 0 Å². The molecule has 23 heavy (non-hydrogen) atoms. The van der Waals surface area contributed by atoms with Gasteiger partial charge in [0.25, 0.3) is 0 Å². The molecular weight excluding hydrogens is 302 g/mol. The molecule has 0 fully saturated rings. The molecule has 0 saturated carbocycles. The smallest absolute Gasteiger partial charge is 0.124 e. The van der Waals surface area contributed by atoms with Crippen LogP contribution in [0.4, 0.5) is 5.69 Å². The zero-order valence-corrected chi connectivity index (χ0v) is 16.0. The first-order valence-corrected chi connectivity index (χ1v) is 11.9. The molecule has 0 aliphatic heterocycles. The number of rotatable bonds is 7. The van der Waals surface area contributed by atoms with Gasteiger partial charge in [0.15, 0.2) is 0 Å². The summed E-state index contributed by atoms with van der Waals surface area (Å²) in [5.41, 5.74) is 10.1. The summed E-state index contributed by atoms with van der Waals surface area (Å²) in [5, 5.41) is 0. The Morgan fingerprint density at radius 1 is 1.22 bits per heavy atom. The summed E-state index contributed by atoms with van der Waals surface area (Å²) in [6.45, 7) is 12.8. The van der Waals surface area contributed by atoms with Crippen LogP contribution < -0.4 is 5.73 Å². The Kier molecular flexibility index (Phi) is 5.65. The van der Waals surface area contributed by atoms with Crippen molar-refractivity contribution in [1.82, 2.24) is 9.55 Å². The van der Waals surface area contributed by atoms with E-state index in [0.29, 0.717) is 6.73 Å². The van der Waals surface area contributed by atoms with E-state index in [1.165, 1.54) is 17.3 Å². The predicted octanol–water partition coefficient (Wildman–Crippen LogP) is 4.24. The van der Waals surface area contributed by atoms with Crippen LogP contribution in [0.25, 0.3) is 0 Å². The lowest BCUT2D eigenvalue weighted by atomic mass is 9.96. The molecule has 0 radical (unpaired) electrons. The van der Waals surface area contributed by atoms with Crippen molar-refractivity contribution in [3.8, 4) is 0 Å². The molecule has 0 amide bonds. The molecule has 4 nitrogen and oxygen atoms in total. The minimum atomic E-state index is -1.05. The highest BCUT2D eigenvalue weighted by atomic mass is 28.3. The third-order valence-corrected chi connectivity index (χ3v) is 5.85. The van der Waals surface area contributed by atoms with Crippen molar-refractivity contribution >= 4 is 13.8 Å². The average molecular weight is 332 g/mol. The number of imidazole rings is 1.